The van der Waals surface area contributed by atoms with E-state index in [0.717, 1.165) is 19.4 Å². The summed E-state index contributed by atoms with van der Waals surface area (Å²) in [5.74, 6) is -0.137. The van der Waals surface area contributed by atoms with Gasteiger partial charge in [0.15, 0.2) is 0 Å². The molecule has 0 saturated carbocycles. The highest BCUT2D eigenvalue weighted by molar-refractivity contribution is 5.77. The van der Waals surface area contributed by atoms with E-state index in [2.05, 4.69) is 12.2 Å². The molecule has 0 fully saturated rings. The third-order valence-corrected chi connectivity index (χ3v) is 2.62. The van der Waals surface area contributed by atoms with Gasteiger partial charge in [0.1, 0.15) is 6.61 Å². The molecule has 0 aromatic carbocycles. The van der Waals surface area contributed by atoms with Crippen molar-refractivity contribution >= 4 is 5.91 Å². The van der Waals surface area contributed by atoms with Crippen molar-refractivity contribution in [2.45, 2.75) is 19.8 Å². The van der Waals surface area contributed by atoms with Crippen molar-refractivity contribution in [3.8, 4) is 0 Å². The molecule has 0 aliphatic carbocycles. The molecule has 0 aromatic rings. The highest BCUT2D eigenvalue weighted by Crippen LogP contribution is 1.86. The molecule has 0 aromatic heterocycles. The first kappa shape index (κ1) is 21.3. The van der Waals surface area contributed by atoms with Crippen molar-refractivity contribution in [2.24, 2.45) is 0 Å². The van der Waals surface area contributed by atoms with Crippen LogP contribution in [0.1, 0.15) is 19.8 Å². The second-order valence-corrected chi connectivity index (χ2v) is 4.59. The minimum absolute atomic E-state index is 0.0443. The van der Waals surface area contributed by atoms with Crippen molar-refractivity contribution in [3.05, 3.63) is 0 Å². The van der Waals surface area contributed by atoms with Crippen LogP contribution in [0.25, 0.3) is 0 Å². The van der Waals surface area contributed by atoms with Crippen LogP contribution in [0.2, 0.25) is 0 Å². The van der Waals surface area contributed by atoms with E-state index in [-0.39, 0.29) is 12.5 Å². The number of unbranched alkanes of at least 4 members (excludes halogenated alkanes) is 1. The predicted octanol–water partition coefficient (Wildman–Crippen LogP) is 0.616. The first-order valence-corrected chi connectivity index (χ1v) is 7.87. The van der Waals surface area contributed by atoms with Gasteiger partial charge in [-0.05, 0) is 6.42 Å². The molecule has 0 unspecified atom stereocenters. The van der Waals surface area contributed by atoms with Crippen LogP contribution in [-0.2, 0) is 28.5 Å². The van der Waals surface area contributed by atoms with Crippen LogP contribution in [0, 0.1) is 0 Å². The van der Waals surface area contributed by atoms with Gasteiger partial charge in [-0.15, -0.1) is 0 Å². The monoisotopic (exact) mass is 321 g/mol. The molecule has 0 bridgehead atoms. The molecular weight excluding hydrogens is 290 g/mol. The smallest absolute Gasteiger partial charge is 0.246 e. The number of carbonyl (C=O) groups excluding carboxylic acids is 1. The van der Waals surface area contributed by atoms with Crippen LogP contribution in [0.4, 0.5) is 0 Å². The molecule has 0 atom stereocenters. The van der Waals surface area contributed by atoms with Gasteiger partial charge in [0.05, 0.1) is 46.2 Å². The lowest BCUT2D eigenvalue weighted by molar-refractivity contribution is -0.126. The van der Waals surface area contributed by atoms with Crippen LogP contribution < -0.4 is 5.32 Å². The van der Waals surface area contributed by atoms with Gasteiger partial charge in [-0.2, -0.15) is 0 Å². The Balaban J connectivity index is 3.12. The van der Waals surface area contributed by atoms with Gasteiger partial charge < -0.3 is 29.0 Å². The van der Waals surface area contributed by atoms with Crippen molar-refractivity contribution < 1.29 is 28.5 Å². The maximum absolute atomic E-state index is 11.4. The van der Waals surface area contributed by atoms with E-state index < -0.39 is 0 Å². The van der Waals surface area contributed by atoms with E-state index in [1.165, 1.54) is 0 Å². The average molecular weight is 321 g/mol. The molecular formula is C15H31NO6. The summed E-state index contributed by atoms with van der Waals surface area (Å²) in [6.07, 6.45) is 2.16. The molecule has 1 N–H and O–H groups in total. The Morgan fingerprint density at radius 1 is 0.818 bits per heavy atom. The van der Waals surface area contributed by atoms with Crippen LogP contribution in [0.15, 0.2) is 0 Å². The first-order valence-electron chi connectivity index (χ1n) is 7.87. The Morgan fingerprint density at radius 2 is 1.41 bits per heavy atom. The van der Waals surface area contributed by atoms with E-state index in [4.69, 9.17) is 23.7 Å². The van der Waals surface area contributed by atoms with Crippen LogP contribution in [0.3, 0.4) is 0 Å². The van der Waals surface area contributed by atoms with E-state index in [0.29, 0.717) is 52.8 Å². The minimum atomic E-state index is -0.137. The zero-order chi connectivity index (χ0) is 16.3. The van der Waals surface area contributed by atoms with Crippen molar-refractivity contribution in [3.63, 3.8) is 0 Å². The van der Waals surface area contributed by atoms with Gasteiger partial charge in [-0.3, -0.25) is 4.79 Å². The molecule has 0 spiro atoms. The van der Waals surface area contributed by atoms with Crippen molar-refractivity contribution in [2.75, 3.05) is 73.1 Å². The maximum Gasteiger partial charge on any atom is 0.246 e. The largest absolute Gasteiger partial charge is 0.382 e. The van der Waals surface area contributed by atoms with E-state index in [1.807, 2.05) is 0 Å². The Labute approximate surface area is 133 Å². The lowest BCUT2D eigenvalue weighted by Gasteiger charge is -2.08. The lowest BCUT2D eigenvalue weighted by atomic mass is 10.4. The molecule has 7 nitrogen and oxygen atoms in total. The fraction of sp³-hybridized carbons (Fsp3) is 0.933. The molecule has 0 rings (SSSR count). The summed E-state index contributed by atoms with van der Waals surface area (Å²) in [5, 5.41) is 2.73. The highest BCUT2D eigenvalue weighted by atomic mass is 16.6. The number of ether oxygens (including phenoxy) is 5. The Kier molecular flexibility index (Phi) is 17.7. The SMILES string of the molecule is CCCCOCCNC(=O)COCCOCCOCCOC. The third kappa shape index (κ3) is 17.3. The molecule has 22 heavy (non-hydrogen) atoms. The Hall–Kier alpha value is -0.730. The van der Waals surface area contributed by atoms with E-state index in [9.17, 15) is 4.79 Å². The topological polar surface area (TPSA) is 75.3 Å². The Morgan fingerprint density at radius 3 is 2.05 bits per heavy atom. The molecule has 0 aliphatic heterocycles. The number of hydrogen-bond acceptors (Lipinski definition) is 6. The highest BCUT2D eigenvalue weighted by Gasteiger charge is 2.00. The van der Waals surface area contributed by atoms with Crippen molar-refractivity contribution in [1.29, 1.82) is 0 Å². The molecule has 0 saturated heterocycles. The van der Waals surface area contributed by atoms with Gasteiger partial charge in [0.2, 0.25) is 5.91 Å². The zero-order valence-corrected chi connectivity index (χ0v) is 13.9. The summed E-state index contributed by atoms with van der Waals surface area (Å²) in [6.45, 7) is 6.98. The summed E-state index contributed by atoms with van der Waals surface area (Å²) >= 11 is 0. The van der Waals surface area contributed by atoms with Crippen LogP contribution in [0.5, 0.6) is 0 Å². The standard InChI is InChI=1S/C15H31NO6/c1-3-4-6-19-7-5-16-15(17)14-22-13-12-21-11-10-20-9-8-18-2/h3-14H2,1-2H3,(H,16,17). The maximum atomic E-state index is 11.4. The summed E-state index contributed by atoms with van der Waals surface area (Å²) < 4.78 is 25.9. The summed E-state index contributed by atoms with van der Waals surface area (Å²) in [5.41, 5.74) is 0. The lowest BCUT2D eigenvalue weighted by Crippen LogP contribution is -2.31. The summed E-state index contributed by atoms with van der Waals surface area (Å²) in [7, 11) is 1.63. The van der Waals surface area contributed by atoms with Gasteiger partial charge in [0, 0.05) is 20.3 Å². The Bertz CT molecular complexity index is 240. The summed E-state index contributed by atoms with van der Waals surface area (Å²) in [6, 6.07) is 0. The third-order valence-electron chi connectivity index (χ3n) is 2.62. The zero-order valence-electron chi connectivity index (χ0n) is 13.9. The molecule has 1 amide bonds. The van der Waals surface area contributed by atoms with Crippen LogP contribution in [-0.4, -0.2) is 79.0 Å². The molecule has 0 aliphatic rings. The number of nitrogens with one attached hydrogen (secondary N) is 1. The van der Waals surface area contributed by atoms with E-state index >= 15 is 0 Å². The number of rotatable bonds is 17. The van der Waals surface area contributed by atoms with E-state index in [1.54, 1.807) is 7.11 Å². The second kappa shape index (κ2) is 18.3. The molecule has 132 valence electrons. The fourth-order valence-corrected chi connectivity index (χ4v) is 1.41. The molecule has 0 heterocycles. The van der Waals surface area contributed by atoms with Gasteiger partial charge in [0.25, 0.3) is 0 Å². The van der Waals surface area contributed by atoms with Gasteiger partial charge in [-0.1, -0.05) is 13.3 Å². The summed E-state index contributed by atoms with van der Waals surface area (Å²) in [4.78, 5) is 11.4. The fourth-order valence-electron chi connectivity index (χ4n) is 1.41. The average Bonchev–Trinajstić information content (AvgIpc) is 2.52. The minimum Gasteiger partial charge on any atom is -0.382 e. The van der Waals surface area contributed by atoms with Gasteiger partial charge in [-0.25, -0.2) is 0 Å². The number of carbonyl (C=O) groups is 1. The second-order valence-electron chi connectivity index (χ2n) is 4.59. The molecule has 0 radical (unpaired) electrons. The number of hydrogen-bond donors (Lipinski definition) is 1. The van der Waals surface area contributed by atoms with Crippen LogP contribution >= 0.6 is 0 Å². The van der Waals surface area contributed by atoms with Crippen molar-refractivity contribution in [1.82, 2.24) is 5.32 Å². The number of methoxy groups -OCH3 is 1. The molecule has 7 heteroatoms. The predicted molar refractivity (Wildman–Crippen MR) is 83.1 cm³/mol. The van der Waals surface area contributed by atoms with Gasteiger partial charge >= 0.3 is 0 Å². The quantitative estimate of drug-likeness (QED) is 0.396. The number of amides is 1. The normalized spacial score (nSPS) is 10.8. The first-order chi connectivity index (χ1) is 10.8.